The molecule has 7 heteroatoms. The molecular weight excluding hydrogens is 298 g/mol. The summed E-state index contributed by atoms with van der Waals surface area (Å²) in [6, 6.07) is 0. The van der Waals surface area contributed by atoms with Crippen LogP contribution in [0, 0.1) is 19.8 Å². The van der Waals surface area contributed by atoms with Gasteiger partial charge in [0.2, 0.25) is 11.9 Å². The minimum atomic E-state index is -0.0855. The smallest absolute Gasteiger partial charge is 0.241 e. The first-order valence-electron chi connectivity index (χ1n) is 7.72. The molecule has 118 valence electrons. The van der Waals surface area contributed by atoms with E-state index in [2.05, 4.69) is 19.8 Å². The molecule has 1 fully saturated rings. The summed E-state index contributed by atoms with van der Waals surface area (Å²) in [6.45, 7) is 7.01. The number of carbonyl (C=O) groups is 1. The summed E-state index contributed by atoms with van der Waals surface area (Å²) in [5, 5.41) is 8.28. The van der Waals surface area contributed by atoms with Gasteiger partial charge in [-0.3, -0.25) is 14.8 Å². The Kier molecular flexibility index (Phi) is 4.24. The van der Waals surface area contributed by atoms with E-state index in [0.29, 0.717) is 12.4 Å². The van der Waals surface area contributed by atoms with E-state index in [1.54, 1.807) is 0 Å². The Bertz CT molecular complexity index is 686. The van der Waals surface area contributed by atoms with Crippen LogP contribution in [0.2, 0.25) is 0 Å². The van der Waals surface area contributed by atoms with Gasteiger partial charge in [-0.25, -0.2) is 4.98 Å². The van der Waals surface area contributed by atoms with Gasteiger partial charge in [0.05, 0.1) is 12.1 Å². The lowest BCUT2D eigenvalue weighted by Gasteiger charge is -2.04. The van der Waals surface area contributed by atoms with Crippen molar-refractivity contribution >= 4 is 23.4 Å². The quantitative estimate of drug-likeness (QED) is 0.888. The van der Waals surface area contributed by atoms with Crippen LogP contribution in [0.25, 0.3) is 0 Å². The molecule has 0 aliphatic heterocycles. The van der Waals surface area contributed by atoms with E-state index in [1.165, 1.54) is 24.4 Å². The van der Waals surface area contributed by atoms with E-state index in [4.69, 9.17) is 0 Å². The second-order valence-corrected chi connectivity index (χ2v) is 6.70. The first kappa shape index (κ1) is 15.1. The first-order chi connectivity index (χ1) is 10.6. The average molecular weight is 319 g/mol. The summed E-state index contributed by atoms with van der Waals surface area (Å²) in [5.74, 6) is 1.09. The zero-order valence-electron chi connectivity index (χ0n) is 13.2. The molecule has 1 N–H and O–H groups in total. The lowest BCUT2D eigenvalue weighted by atomic mass is 10.1. The minimum Gasteiger partial charge on any atom is -0.293 e. The number of carbonyl (C=O) groups excluding carboxylic acids is 1. The molecule has 3 rings (SSSR count). The number of aryl methyl sites for hydroxylation is 2. The third-order valence-electron chi connectivity index (χ3n) is 4.02. The normalized spacial score (nSPS) is 14.3. The monoisotopic (exact) mass is 319 g/mol. The maximum Gasteiger partial charge on any atom is 0.241 e. The Morgan fingerprint density at radius 1 is 1.41 bits per heavy atom. The van der Waals surface area contributed by atoms with Crippen LogP contribution in [0.15, 0.2) is 0 Å². The summed E-state index contributed by atoms with van der Waals surface area (Å²) in [5.41, 5.74) is 3.05. The number of hydrogen-bond donors (Lipinski definition) is 1. The molecule has 1 saturated carbocycles. The van der Waals surface area contributed by atoms with E-state index in [0.717, 1.165) is 40.8 Å². The van der Waals surface area contributed by atoms with Crippen LogP contribution < -0.4 is 5.32 Å². The van der Waals surface area contributed by atoms with Gasteiger partial charge >= 0.3 is 0 Å². The number of amides is 1. The van der Waals surface area contributed by atoms with Crippen molar-refractivity contribution in [3.8, 4) is 0 Å². The maximum absolute atomic E-state index is 12.2. The number of aromatic nitrogens is 4. The van der Waals surface area contributed by atoms with E-state index < -0.39 is 0 Å². The fourth-order valence-electron chi connectivity index (χ4n) is 2.49. The van der Waals surface area contributed by atoms with Crippen molar-refractivity contribution in [3.63, 3.8) is 0 Å². The molecule has 22 heavy (non-hydrogen) atoms. The Balaban J connectivity index is 1.66. The molecule has 1 aliphatic carbocycles. The number of anilines is 1. The number of nitrogens with zero attached hydrogens (tertiary/aromatic N) is 4. The third kappa shape index (κ3) is 3.35. The van der Waals surface area contributed by atoms with Gasteiger partial charge in [0, 0.05) is 17.8 Å². The molecule has 0 spiro atoms. The molecule has 1 amide bonds. The topological polar surface area (TPSA) is 72.7 Å². The Morgan fingerprint density at radius 2 is 2.18 bits per heavy atom. The average Bonchev–Trinajstić information content (AvgIpc) is 3.13. The highest BCUT2D eigenvalue weighted by Gasteiger charge is 2.24. The van der Waals surface area contributed by atoms with Crippen molar-refractivity contribution in [2.24, 2.45) is 5.92 Å². The van der Waals surface area contributed by atoms with Gasteiger partial charge in [0.1, 0.15) is 5.01 Å². The fourth-order valence-corrected chi connectivity index (χ4v) is 3.03. The second-order valence-electron chi connectivity index (χ2n) is 5.87. The molecule has 0 bridgehead atoms. The molecule has 0 atom stereocenters. The van der Waals surface area contributed by atoms with Gasteiger partial charge in [-0.05, 0) is 50.6 Å². The molecule has 2 aromatic heterocycles. The predicted octanol–water partition coefficient (Wildman–Crippen LogP) is 2.51. The SMILES string of the molecule is CCc1nc(NC(=O)Cc2c(C)nn(CC3CC3)c2C)ns1. The molecule has 2 aromatic rings. The fraction of sp³-hybridized carbons (Fsp3) is 0.600. The zero-order chi connectivity index (χ0) is 15.7. The van der Waals surface area contributed by atoms with Crippen LogP contribution in [0.1, 0.15) is 41.7 Å². The maximum atomic E-state index is 12.2. The van der Waals surface area contributed by atoms with Gasteiger partial charge in [0.25, 0.3) is 0 Å². The Hall–Kier alpha value is -1.76. The summed E-state index contributed by atoms with van der Waals surface area (Å²) < 4.78 is 6.19. The van der Waals surface area contributed by atoms with E-state index >= 15 is 0 Å². The summed E-state index contributed by atoms with van der Waals surface area (Å²) in [4.78, 5) is 16.5. The predicted molar refractivity (Wildman–Crippen MR) is 86.0 cm³/mol. The van der Waals surface area contributed by atoms with Gasteiger partial charge in [-0.1, -0.05) is 6.92 Å². The van der Waals surface area contributed by atoms with Crippen LogP contribution in [0.5, 0.6) is 0 Å². The Morgan fingerprint density at radius 3 is 2.82 bits per heavy atom. The molecule has 0 unspecified atom stereocenters. The summed E-state index contributed by atoms with van der Waals surface area (Å²) in [7, 11) is 0. The van der Waals surface area contributed by atoms with Crippen LogP contribution in [-0.2, 0) is 24.2 Å². The highest BCUT2D eigenvalue weighted by atomic mass is 32.1. The largest absolute Gasteiger partial charge is 0.293 e. The van der Waals surface area contributed by atoms with Crippen LogP contribution in [-0.4, -0.2) is 25.0 Å². The molecule has 6 nitrogen and oxygen atoms in total. The molecule has 0 saturated heterocycles. The van der Waals surface area contributed by atoms with E-state index in [1.807, 2.05) is 25.5 Å². The lowest BCUT2D eigenvalue weighted by molar-refractivity contribution is -0.115. The lowest BCUT2D eigenvalue weighted by Crippen LogP contribution is -2.16. The van der Waals surface area contributed by atoms with Crippen LogP contribution in [0.4, 0.5) is 5.95 Å². The highest BCUT2D eigenvalue weighted by Crippen LogP contribution is 2.31. The van der Waals surface area contributed by atoms with E-state index in [-0.39, 0.29) is 5.91 Å². The van der Waals surface area contributed by atoms with Crippen molar-refractivity contribution in [2.45, 2.75) is 53.0 Å². The molecule has 1 aliphatic rings. The van der Waals surface area contributed by atoms with Crippen LogP contribution in [0.3, 0.4) is 0 Å². The summed E-state index contributed by atoms with van der Waals surface area (Å²) in [6.07, 6.45) is 3.75. The first-order valence-corrected chi connectivity index (χ1v) is 8.49. The number of nitrogens with one attached hydrogen (secondary N) is 1. The summed E-state index contributed by atoms with van der Waals surface area (Å²) >= 11 is 1.33. The minimum absolute atomic E-state index is 0.0855. The van der Waals surface area contributed by atoms with Gasteiger partial charge in [-0.2, -0.15) is 9.47 Å². The van der Waals surface area contributed by atoms with Gasteiger partial charge in [-0.15, -0.1) is 0 Å². The van der Waals surface area contributed by atoms with Crippen molar-refractivity contribution in [2.75, 3.05) is 5.32 Å². The number of hydrogen-bond acceptors (Lipinski definition) is 5. The highest BCUT2D eigenvalue weighted by molar-refractivity contribution is 7.05. The zero-order valence-corrected chi connectivity index (χ0v) is 14.0. The second kappa shape index (κ2) is 6.16. The van der Waals surface area contributed by atoms with E-state index in [9.17, 15) is 4.79 Å². The third-order valence-corrected chi connectivity index (χ3v) is 4.87. The standard InChI is InChI=1S/C15H21N5OS/c1-4-14-17-15(19-22-14)16-13(21)7-12-9(2)18-20(10(12)3)8-11-5-6-11/h11H,4-8H2,1-3H3,(H,16,19,21). The molecule has 0 aromatic carbocycles. The van der Waals surface area contributed by atoms with Gasteiger partial charge in [0.15, 0.2) is 0 Å². The van der Waals surface area contributed by atoms with Crippen molar-refractivity contribution in [1.29, 1.82) is 0 Å². The molecular formula is C15H21N5OS. The van der Waals surface area contributed by atoms with Crippen molar-refractivity contribution < 1.29 is 4.79 Å². The van der Waals surface area contributed by atoms with Crippen molar-refractivity contribution in [1.82, 2.24) is 19.1 Å². The van der Waals surface area contributed by atoms with Gasteiger partial charge < -0.3 is 0 Å². The molecule has 0 radical (unpaired) electrons. The number of rotatable bonds is 6. The molecule has 2 heterocycles. The van der Waals surface area contributed by atoms with Crippen molar-refractivity contribution in [3.05, 3.63) is 22.0 Å². The van der Waals surface area contributed by atoms with Crippen LogP contribution >= 0.6 is 11.5 Å². The Labute approximate surface area is 134 Å².